The Morgan fingerprint density at radius 2 is 1.88 bits per heavy atom. The molecule has 0 aliphatic carbocycles. The number of hydrogen-bond acceptors (Lipinski definition) is 3. The van der Waals surface area contributed by atoms with Crippen LogP contribution in [0.15, 0.2) is 0 Å². The second-order valence-electron chi connectivity index (χ2n) is 4.68. The number of nitrogens with one attached hydrogen (secondary N) is 1. The molecule has 1 N–H and O–H groups in total. The number of carbonyl (C=O) groups is 2. The van der Waals surface area contributed by atoms with Gasteiger partial charge in [0.05, 0.1) is 7.11 Å². The van der Waals surface area contributed by atoms with E-state index in [-0.39, 0.29) is 18.1 Å². The standard InChI is InChI=1S/C11H22N2O3/c1-6-7-13(8-9(14)16-5)10(15)12-11(2,3)4/h6-8H2,1-5H3,(H,12,15). The number of methoxy groups -OCH3 is 1. The van der Waals surface area contributed by atoms with Gasteiger partial charge in [-0.15, -0.1) is 0 Å². The maximum absolute atomic E-state index is 11.8. The van der Waals surface area contributed by atoms with Crippen LogP contribution < -0.4 is 5.32 Å². The number of hydrogen-bond donors (Lipinski definition) is 1. The van der Waals surface area contributed by atoms with Gasteiger partial charge in [0.1, 0.15) is 6.54 Å². The average Bonchev–Trinajstić information content (AvgIpc) is 2.14. The molecular weight excluding hydrogens is 208 g/mol. The Morgan fingerprint density at radius 1 is 1.31 bits per heavy atom. The van der Waals surface area contributed by atoms with Crippen LogP contribution in [-0.4, -0.2) is 42.6 Å². The molecule has 0 spiro atoms. The third kappa shape index (κ3) is 6.27. The fourth-order valence-corrected chi connectivity index (χ4v) is 1.14. The number of carbonyl (C=O) groups excluding carboxylic acids is 2. The second kappa shape index (κ2) is 6.35. The Morgan fingerprint density at radius 3 is 2.25 bits per heavy atom. The predicted octanol–water partition coefficient (Wildman–Crippen LogP) is 1.38. The normalized spacial score (nSPS) is 10.8. The molecule has 94 valence electrons. The van der Waals surface area contributed by atoms with E-state index in [1.54, 1.807) is 0 Å². The quantitative estimate of drug-likeness (QED) is 0.742. The summed E-state index contributed by atoms with van der Waals surface area (Å²) in [5.41, 5.74) is -0.306. The van der Waals surface area contributed by atoms with Crippen molar-refractivity contribution in [2.24, 2.45) is 0 Å². The van der Waals surface area contributed by atoms with Crippen LogP contribution in [0.2, 0.25) is 0 Å². The van der Waals surface area contributed by atoms with Gasteiger partial charge in [-0.25, -0.2) is 4.79 Å². The van der Waals surface area contributed by atoms with E-state index < -0.39 is 5.97 Å². The van der Waals surface area contributed by atoms with Gasteiger partial charge in [-0.05, 0) is 27.2 Å². The Hall–Kier alpha value is -1.26. The molecular formula is C11H22N2O3. The van der Waals surface area contributed by atoms with Gasteiger partial charge in [0.25, 0.3) is 0 Å². The van der Waals surface area contributed by atoms with E-state index >= 15 is 0 Å². The molecule has 16 heavy (non-hydrogen) atoms. The van der Waals surface area contributed by atoms with Gasteiger partial charge < -0.3 is 15.0 Å². The van der Waals surface area contributed by atoms with Crippen LogP contribution in [-0.2, 0) is 9.53 Å². The first-order chi connectivity index (χ1) is 7.30. The van der Waals surface area contributed by atoms with Crippen LogP contribution in [0.5, 0.6) is 0 Å². The molecule has 0 atom stereocenters. The number of nitrogens with zero attached hydrogens (tertiary/aromatic N) is 1. The van der Waals surface area contributed by atoms with E-state index in [1.165, 1.54) is 12.0 Å². The van der Waals surface area contributed by atoms with Crippen LogP contribution in [0, 0.1) is 0 Å². The Kier molecular flexibility index (Phi) is 5.85. The topological polar surface area (TPSA) is 58.6 Å². The summed E-state index contributed by atoms with van der Waals surface area (Å²) in [5, 5.41) is 2.81. The van der Waals surface area contributed by atoms with Crippen LogP contribution >= 0.6 is 0 Å². The van der Waals surface area contributed by atoms with Gasteiger partial charge in [-0.2, -0.15) is 0 Å². The molecule has 0 bridgehead atoms. The highest BCUT2D eigenvalue weighted by atomic mass is 16.5. The lowest BCUT2D eigenvalue weighted by molar-refractivity contribution is -0.141. The Balaban J connectivity index is 4.40. The van der Waals surface area contributed by atoms with Crippen molar-refractivity contribution in [2.75, 3.05) is 20.2 Å². The van der Waals surface area contributed by atoms with Crippen molar-refractivity contribution in [2.45, 2.75) is 39.7 Å². The molecule has 0 saturated heterocycles. The molecule has 0 heterocycles. The molecule has 2 amide bonds. The smallest absolute Gasteiger partial charge is 0.325 e. The maximum Gasteiger partial charge on any atom is 0.325 e. The third-order valence-electron chi connectivity index (χ3n) is 1.81. The largest absolute Gasteiger partial charge is 0.468 e. The molecule has 0 fully saturated rings. The molecule has 0 aromatic carbocycles. The predicted molar refractivity (Wildman–Crippen MR) is 62.2 cm³/mol. The minimum atomic E-state index is -0.405. The third-order valence-corrected chi connectivity index (χ3v) is 1.81. The zero-order valence-electron chi connectivity index (χ0n) is 10.8. The number of esters is 1. The SMILES string of the molecule is CCCN(CC(=O)OC)C(=O)NC(C)(C)C. The molecule has 0 aliphatic rings. The average molecular weight is 230 g/mol. The lowest BCUT2D eigenvalue weighted by atomic mass is 10.1. The van der Waals surface area contributed by atoms with Gasteiger partial charge in [-0.1, -0.05) is 6.92 Å². The highest BCUT2D eigenvalue weighted by Gasteiger charge is 2.21. The zero-order chi connectivity index (χ0) is 12.8. The van der Waals surface area contributed by atoms with Crippen molar-refractivity contribution >= 4 is 12.0 Å². The molecule has 0 unspecified atom stereocenters. The van der Waals surface area contributed by atoms with Gasteiger partial charge in [-0.3, -0.25) is 4.79 Å². The van der Waals surface area contributed by atoms with Crippen molar-refractivity contribution < 1.29 is 14.3 Å². The molecule has 0 aliphatic heterocycles. The first-order valence-corrected chi connectivity index (χ1v) is 5.44. The van der Waals surface area contributed by atoms with Crippen LogP contribution in [0.1, 0.15) is 34.1 Å². The summed E-state index contributed by atoms with van der Waals surface area (Å²) >= 11 is 0. The van der Waals surface area contributed by atoms with Gasteiger partial charge in [0, 0.05) is 12.1 Å². The molecule has 0 saturated carbocycles. The summed E-state index contributed by atoms with van der Waals surface area (Å²) in [5.74, 6) is -0.405. The number of amides is 2. The highest BCUT2D eigenvalue weighted by Crippen LogP contribution is 2.02. The van der Waals surface area contributed by atoms with E-state index in [2.05, 4.69) is 10.1 Å². The van der Waals surface area contributed by atoms with Gasteiger partial charge in [0.2, 0.25) is 0 Å². The monoisotopic (exact) mass is 230 g/mol. The van der Waals surface area contributed by atoms with Crippen LogP contribution in [0.25, 0.3) is 0 Å². The van der Waals surface area contributed by atoms with Gasteiger partial charge in [0.15, 0.2) is 0 Å². The first kappa shape index (κ1) is 14.7. The van der Waals surface area contributed by atoms with E-state index in [9.17, 15) is 9.59 Å². The zero-order valence-corrected chi connectivity index (χ0v) is 10.8. The lowest BCUT2D eigenvalue weighted by Gasteiger charge is -2.27. The Bertz CT molecular complexity index is 246. The first-order valence-electron chi connectivity index (χ1n) is 5.44. The molecule has 0 radical (unpaired) electrons. The number of urea groups is 1. The van der Waals surface area contributed by atoms with Gasteiger partial charge >= 0.3 is 12.0 Å². The number of rotatable bonds is 4. The van der Waals surface area contributed by atoms with E-state index in [0.29, 0.717) is 6.54 Å². The van der Waals surface area contributed by atoms with Crippen LogP contribution in [0.4, 0.5) is 4.79 Å². The van der Waals surface area contributed by atoms with Crippen LogP contribution in [0.3, 0.4) is 0 Å². The van der Waals surface area contributed by atoms with Crippen molar-refractivity contribution in [1.82, 2.24) is 10.2 Å². The molecule has 0 rings (SSSR count). The van der Waals surface area contributed by atoms with Crippen molar-refractivity contribution in [3.05, 3.63) is 0 Å². The fraction of sp³-hybridized carbons (Fsp3) is 0.818. The summed E-state index contributed by atoms with van der Waals surface area (Å²) in [6, 6.07) is -0.236. The number of ether oxygens (including phenoxy) is 1. The maximum atomic E-state index is 11.8. The molecule has 0 aromatic rings. The molecule has 0 aromatic heterocycles. The molecule has 5 nitrogen and oxygen atoms in total. The van der Waals surface area contributed by atoms with Crippen molar-refractivity contribution in [1.29, 1.82) is 0 Å². The van der Waals surface area contributed by atoms with Crippen molar-refractivity contribution in [3.63, 3.8) is 0 Å². The van der Waals surface area contributed by atoms with E-state index in [1.807, 2.05) is 27.7 Å². The highest BCUT2D eigenvalue weighted by molar-refractivity contribution is 5.81. The fourth-order valence-electron chi connectivity index (χ4n) is 1.14. The molecule has 5 heteroatoms. The summed E-state index contributed by atoms with van der Waals surface area (Å²) in [7, 11) is 1.31. The lowest BCUT2D eigenvalue weighted by Crippen LogP contribution is -2.50. The van der Waals surface area contributed by atoms with Crippen molar-refractivity contribution in [3.8, 4) is 0 Å². The summed E-state index contributed by atoms with van der Waals surface area (Å²) in [4.78, 5) is 24.4. The van der Waals surface area contributed by atoms with E-state index in [0.717, 1.165) is 6.42 Å². The minimum absolute atomic E-state index is 0.00769. The van der Waals surface area contributed by atoms with E-state index in [4.69, 9.17) is 0 Å². The summed E-state index contributed by atoms with van der Waals surface area (Å²) in [6.45, 7) is 8.17. The minimum Gasteiger partial charge on any atom is -0.468 e. The second-order valence-corrected chi connectivity index (χ2v) is 4.68. The summed E-state index contributed by atoms with van der Waals surface area (Å²) in [6.07, 6.45) is 0.800. The Labute approximate surface area is 97.1 Å². The summed E-state index contributed by atoms with van der Waals surface area (Å²) < 4.78 is 4.55.